The normalized spacial score (nSPS) is 46.4. The van der Waals surface area contributed by atoms with Crippen molar-refractivity contribution in [1.29, 1.82) is 0 Å². The van der Waals surface area contributed by atoms with E-state index < -0.39 is 17.2 Å². The summed E-state index contributed by atoms with van der Waals surface area (Å²) < 4.78 is 29.7. The number of ether oxygens (including phenoxy) is 5. The molecule has 5 nitrogen and oxygen atoms in total. The molecule has 1 unspecified atom stereocenters. The highest BCUT2D eigenvalue weighted by molar-refractivity contribution is 5.08. The lowest BCUT2D eigenvalue weighted by atomic mass is 9.69. The smallest absolute Gasteiger partial charge is 0.187 e. The van der Waals surface area contributed by atoms with Crippen molar-refractivity contribution in [2.45, 2.75) is 71.1 Å². The summed E-state index contributed by atoms with van der Waals surface area (Å²) in [5.41, 5.74) is -0.737. The van der Waals surface area contributed by atoms with Gasteiger partial charge >= 0.3 is 0 Å². The van der Waals surface area contributed by atoms with Crippen LogP contribution in [0.2, 0.25) is 0 Å². The summed E-state index contributed by atoms with van der Waals surface area (Å²) in [4.78, 5) is 0. The minimum absolute atomic E-state index is 0.159. The van der Waals surface area contributed by atoms with Crippen LogP contribution in [0.4, 0.5) is 0 Å². The lowest BCUT2D eigenvalue weighted by molar-refractivity contribution is -0.280. The SMILES string of the molecule is CC1(C)O[C@H]2OCC3(COC(C)(C)O3)C(C)(C)[C@H]2O1. The van der Waals surface area contributed by atoms with Crippen molar-refractivity contribution in [2.75, 3.05) is 13.2 Å². The van der Waals surface area contributed by atoms with Crippen LogP contribution in [0.1, 0.15) is 41.5 Å². The van der Waals surface area contributed by atoms with E-state index in [2.05, 4.69) is 13.8 Å². The molecule has 0 radical (unpaired) electrons. The van der Waals surface area contributed by atoms with Crippen LogP contribution < -0.4 is 0 Å². The van der Waals surface area contributed by atoms with Crippen LogP contribution in [-0.4, -0.2) is 42.8 Å². The number of fused-ring (bicyclic) bond motifs is 1. The zero-order chi connectivity index (χ0) is 14.1. The van der Waals surface area contributed by atoms with E-state index in [1.165, 1.54) is 0 Å². The summed E-state index contributed by atoms with van der Waals surface area (Å²) in [6.07, 6.45) is -0.489. The monoisotopic (exact) mass is 272 g/mol. The van der Waals surface area contributed by atoms with E-state index in [9.17, 15) is 0 Å². The fourth-order valence-electron chi connectivity index (χ4n) is 3.21. The van der Waals surface area contributed by atoms with Crippen molar-refractivity contribution in [2.24, 2.45) is 5.41 Å². The summed E-state index contributed by atoms with van der Waals surface area (Å²) >= 11 is 0. The highest BCUT2D eigenvalue weighted by atomic mass is 16.8. The number of rotatable bonds is 0. The lowest BCUT2D eigenvalue weighted by Gasteiger charge is -2.50. The van der Waals surface area contributed by atoms with Gasteiger partial charge < -0.3 is 23.7 Å². The molecule has 0 aliphatic carbocycles. The van der Waals surface area contributed by atoms with Gasteiger partial charge in [-0.3, -0.25) is 0 Å². The second kappa shape index (κ2) is 3.71. The van der Waals surface area contributed by atoms with Gasteiger partial charge in [0.15, 0.2) is 17.9 Å². The van der Waals surface area contributed by atoms with Gasteiger partial charge in [-0.15, -0.1) is 0 Å². The first-order valence-corrected chi connectivity index (χ1v) is 6.88. The van der Waals surface area contributed by atoms with Crippen LogP contribution in [0, 0.1) is 5.41 Å². The van der Waals surface area contributed by atoms with Gasteiger partial charge in [0.25, 0.3) is 0 Å². The van der Waals surface area contributed by atoms with E-state index in [1.54, 1.807) is 0 Å². The molecule has 3 atom stereocenters. The van der Waals surface area contributed by atoms with Crippen molar-refractivity contribution < 1.29 is 23.7 Å². The van der Waals surface area contributed by atoms with E-state index in [4.69, 9.17) is 23.7 Å². The maximum Gasteiger partial charge on any atom is 0.187 e. The van der Waals surface area contributed by atoms with Crippen LogP contribution in [0.3, 0.4) is 0 Å². The molecule has 3 rings (SSSR count). The molecule has 0 N–H and O–H groups in total. The molecule has 0 saturated carbocycles. The zero-order valence-corrected chi connectivity index (χ0v) is 12.6. The second-order valence-corrected chi connectivity index (χ2v) is 7.24. The van der Waals surface area contributed by atoms with Crippen LogP contribution >= 0.6 is 0 Å². The number of hydrogen-bond acceptors (Lipinski definition) is 5. The Morgan fingerprint density at radius 1 is 0.842 bits per heavy atom. The summed E-state index contributed by atoms with van der Waals surface area (Å²) in [5.74, 6) is -1.20. The van der Waals surface area contributed by atoms with Gasteiger partial charge in [-0.2, -0.15) is 0 Å². The summed E-state index contributed by atoms with van der Waals surface area (Å²) in [6, 6.07) is 0. The third kappa shape index (κ3) is 1.94. The van der Waals surface area contributed by atoms with E-state index in [1.807, 2.05) is 27.7 Å². The van der Waals surface area contributed by atoms with Crippen LogP contribution in [0.5, 0.6) is 0 Å². The molecule has 0 amide bonds. The van der Waals surface area contributed by atoms with Crippen LogP contribution in [0.25, 0.3) is 0 Å². The van der Waals surface area contributed by atoms with Gasteiger partial charge in [0.05, 0.1) is 13.2 Å². The summed E-state index contributed by atoms with van der Waals surface area (Å²) in [7, 11) is 0. The zero-order valence-electron chi connectivity index (χ0n) is 12.6. The maximum absolute atomic E-state index is 6.19. The Bertz CT molecular complexity index is 387. The minimum atomic E-state index is -0.618. The molecule has 1 spiro atoms. The third-order valence-corrected chi connectivity index (χ3v) is 4.52. The standard InChI is InChI=1S/C14H24O5/c1-11(2)9-10(18-13(5,6)17-9)15-7-14(11)8-16-12(3,4)19-14/h9-10H,7-8H2,1-6H3/t9-,10+,14?/m0/s1. The molecule has 0 aromatic heterocycles. The van der Waals surface area contributed by atoms with E-state index >= 15 is 0 Å². The topological polar surface area (TPSA) is 46.2 Å². The van der Waals surface area contributed by atoms with Crippen molar-refractivity contribution in [1.82, 2.24) is 0 Å². The summed E-state index contributed by atoms with van der Waals surface area (Å²) in [5, 5.41) is 0. The highest BCUT2D eigenvalue weighted by Gasteiger charge is 2.66. The van der Waals surface area contributed by atoms with E-state index in [-0.39, 0.29) is 17.8 Å². The first-order valence-electron chi connectivity index (χ1n) is 6.88. The van der Waals surface area contributed by atoms with Crippen LogP contribution in [-0.2, 0) is 23.7 Å². The molecule has 0 bridgehead atoms. The van der Waals surface area contributed by atoms with Crippen molar-refractivity contribution in [3.05, 3.63) is 0 Å². The highest BCUT2D eigenvalue weighted by Crippen LogP contribution is 2.53. The average molecular weight is 272 g/mol. The fourth-order valence-corrected chi connectivity index (χ4v) is 3.21. The molecule has 3 heterocycles. The Labute approximate surface area is 114 Å². The van der Waals surface area contributed by atoms with Gasteiger partial charge in [0, 0.05) is 5.41 Å². The molecule has 3 fully saturated rings. The Balaban J connectivity index is 1.91. The quantitative estimate of drug-likeness (QED) is 0.675. The Morgan fingerprint density at radius 3 is 2.11 bits per heavy atom. The van der Waals surface area contributed by atoms with Gasteiger partial charge in [-0.05, 0) is 27.7 Å². The minimum Gasteiger partial charge on any atom is -0.347 e. The van der Waals surface area contributed by atoms with Crippen LogP contribution in [0.15, 0.2) is 0 Å². The molecule has 110 valence electrons. The first kappa shape index (κ1) is 13.8. The van der Waals surface area contributed by atoms with E-state index in [0.29, 0.717) is 13.2 Å². The predicted molar refractivity (Wildman–Crippen MR) is 67.4 cm³/mol. The first-order chi connectivity index (χ1) is 8.57. The molecular weight excluding hydrogens is 248 g/mol. The molecule has 0 aromatic carbocycles. The molecule has 3 aliphatic rings. The van der Waals surface area contributed by atoms with Crippen molar-refractivity contribution in [3.63, 3.8) is 0 Å². The van der Waals surface area contributed by atoms with Crippen molar-refractivity contribution in [3.8, 4) is 0 Å². The lowest BCUT2D eigenvalue weighted by Crippen LogP contribution is -2.63. The fraction of sp³-hybridized carbons (Fsp3) is 1.00. The largest absolute Gasteiger partial charge is 0.347 e. The maximum atomic E-state index is 6.19. The summed E-state index contributed by atoms with van der Waals surface area (Å²) in [6.45, 7) is 12.9. The average Bonchev–Trinajstić information content (AvgIpc) is 2.73. The molecule has 3 aliphatic heterocycles. The second-order valence-electron chi connectivity index (χ2n) is 7.24. The Kier molecular flexibility index (Phi) is 2.69. The molecule has 3 saturated heterocycles. The van der Waals surface area contributed by atoms with E-state index in [0.717, 1.165) is 0 Å². The van der Waals surface area contributed by atoms with Gasteiger partial charge in [-0.25, -0.2) is 0 Å². The van der Waals surface area contributed by atoms with Crippen molar-refractivity contribution >= 4 is 0 Å². The molecular formula is C14H24O5. The molecule has 0 aromatic rings. The predicted octanol–water partition coefficient (Wildman–Crippen LogP) is 2.04. The van der Waals surface area contributed by atoms with Gasteiger partial charge in [0.2, 0.25) is 0 Å². The van der Waals surface area contributed by atoms with Gasteiger partial charge in [0.1, 0.15) is 11.7 Å². The number of hydrogen-bond donors (Lipinski definition) is 0. The molecule has 19 heavy (non-hydrogen) atoms. The Morgan fingerprint density at radius 2 is 1.53 bits per heavy atom. The Hall–Kier alpha value is -0.200. The third-order valence-electron chi connectivity index (χ3n) is 4.52. The molecule has 5 heteroatoms. The van der Waals surface area contributed by atoms with Gasteiger partial charge in [-0.1, -0.05) is 13.8 Å².